The van der Waals surface area contributed by atoms with E-state index in [-0.39, 0.29) is 11.3 Å². The van der Waals surface area contributed by atoms with E-state index < -0.39 is 0 Å². The summed E-state index contributed by atoms with van der Waals surface area (Å²) in [5, 5.41) is 0. The first-order valence-electron chi connectivity index (χ1n) is 12.7. The molecule has 0 aliphatic carbocycles. The molecule has 0 heterocycles. The SMILES string of the molecule is CC(C)(C)N(CC(=O)c1cc(OCc2ccccc2)cc(OCc2ccccc2)c1)Cc1ccccc1. The highest BCUT2D eigenvalue weighted by Gasteiger charge is 2.25. The van der Waals surface area contributed by atoms with Gasteiger partial charge in [-0.1, -0.05) is 91.0 Å². The molecule has 0 aromatic heterocycles. The van der Waals surface area contributed by atoms with Crippen molar-refractivity contribution in [3.05, 3.63) is 131 Å². The highest BCUT2D eigenvalue weighted by Crippen LogP contribution is 2.26. The lowest BCUT2D eigenvalue weighted by molar-refractivity contribution is 0.0792. The molecule has 0 aliphatic heterocycles. The van der Waals surface area contributed by atoms with Crippen LogP contribution in [0.1, 0.15) is 47.8 Å². The molecule has 0 spiro atoms. The molecule has 0 unspecified atom stereocenters. The largest absolute Gasteiger partial charge is 0.489 e. The maximum absolute atomic E-state index is 13.6. The summed E-state index contributed by atoms with van der Waals surface area (Å²) >= 11 is 0. The van der Waals surface area contributed by atoms with E-state index in [9.17, 15) is 4.79 Å². The van der Waals surface area contributed by atoms with Crippen LogP contribution in [-0.4, -0.2) is 22.8 Å². The lowest BCUT2D eigenvalue weighted by Crippen LogP contribution is -2.43. The first kappa shape index (κ1) is 26.2. The Bertz CT molecular complexity index is 1200. The van der Waals surface area contributed by atoms with Crippen LogP contribution in [-0.2, 0) is 19.8 Å². The fourth-order valence-electron chi connectivity index (χ4n) is 3.98. The average Bonchev–Trinajstić information content (AvgIpc) is 2.91. The standard InChI is InChI=1S/C33H35NO3/c1-33(2,3)34(22-26-13-7-4-8-14-26)23-32(35)29-19-30(36-24-27-15-9-5-10-16-27)21-31(20-29)37-25-28-17-11-6-12-18-28/h4-21H,22-25H2,1-3H3. The Balaban J connectivity index is 1.55. The molecule has 0 amide bonds. The summed E-state index contributed by atoms with van der Waals surface area (Å²) in [6.45, 7) is 8.22. The van der Waals surface area contributed by atoms with Gasteiger partial charge in [0.05, 0.1) is 6.54 Å². The maximum atomic E-state index is 13.6. The molecule has 0 aliphatic rings. The third kappa shape index (κ3) is 8.06. The number of hydrogen-bond acceptors (Lipinski definition) is 4. The van der Waals surface area contributed by atoms with Crippen LogP contribution < -0.4 is 9.47 Å². The number of ketones is 1. The molecule has 4 aromatic rings. The topological polar surface area (TPSA) is 38.8 Å². The molecule has 4 heteroatoms. The van der Waals surface area contributed by atoms with Crippen molar-refractivity contribution in [1.82, 2.24) is 4.90 Å². The second-order valence-electron chi connectivity index (χ2n) is 10.2. The molecular weight excluding hydrogens is 458 g/mol. The second-order valence-corrected chi connectivity index (χ2v) is 10.2. The smallest absolute Gasteiger partial charge is 0.177 e. The Morgan fingerprint density at radius 2 is 1.08 bits per heavy atom. The van der Waals surface area contributed by atoms with Crippen LogP contribution in [0, 0.1) is 0 Å². The molecule has 190 valence electrons. The minimum absolute atomic E-state index is 0.0283. The highest BCUT2D eigenvalue weighted by molar-refractivity contribution is 5.98. The minimum Gasteiger partial charge on any atom is -0.489 e. The Labute approximate surface area is 220 Å². The van der Waals surface area contributed by atoms with E-state index in [1.807, 2.05) is 97.1 Å². The van der Waals surface area contributed by atoms with Crippen LogP contribution in [0.5, 0.6) is 11.5 Å². The van der Waals surface area contributed by atoms with Crippen molar-refractivity contribution in [1.29, 1.82) is 0 Å². The third-order valence-electron chi connectivity index (χ3n) is 6.20. The van der Waals surface area contributed by atoms with Gasteiger partial charge in [0.1, 0.15) is 24.7 Å². The summed E-state index contributed by atoms with van der Waals surface area (Å²) in [5.74, 6) is 1.26. The molecule has 0 N–H and O–H groups in total. The number of carbonyl (C=O) groups is 1. The van der Waals surface area contributed by atoms with Gasteiger partial charge in [0.25, 0.3) is 0 Å². The first-order chi connectivity index (χ1) is 17.9. The van der Waals surface area contributed by atoms with Crippen molar-refractivity contribution in [3.63, 3.8) is 0 Å². The minimum atomic E-state index is -0.181. The van der Waals surface area contributed by atoms with E-state index in [0.29, 0.717) is 43.4 Å². The number of carbonyl (C=O) groups excluding carboxylic acids is 1. The van der Waals surface area contributed by atoms with Crippen molar-refractivity contribution < 1.29 is 14.3 Å². The number of benzene rings is 4. The predicted octanol–water partition coefficient (Wildman–Crippen LogP) is 7.33. The number of ether oxygens (including phenoxy) is 2. The second kappa shape index (κ2) is 12.4. The molecule has 0 saturated heterocycles. The molecule has 0 bridgehead atoms. The van der Waals surface area contributed by atoms with Gasteiger partial charge < -0.3 is 9.47 Å². The molecule has 4 rings (SSSR count). The molecule has 4 nitrogen and oxygen atoms in total. The van der Waals surface area contributed by atoms with Gasteiger partial charge >= 0.3 is 0 Å². The number of nitrogens with zero attached hydrogens (tertiary/aromatic N) is 1. The fourth-order valence-corrected chi connectivity index (χ4v) is 3.98. The van der Waals surface area contributed by atoms with Crippen molar-refractivity contribution >= 4 is 5.78 Å². The predicted molar refractivity (Wildman–Crippen MR) is 149 cm³/mol. The fraction of sp³-hybridized carbons (Fsp3) is 0.242. The van der Waals surface area contributed by atoms with Crippen LogP contribution in [0.25, 0.3) is 0 Å². The Morgan fingerprint density at radius 1 is 0.649 bits per heavy atom. The van der Waals surface area contributed by atoms with E-state index >= 15 is 0 Å². The van der Waals surface area contributed by atoms with Gasteiger partial charge in [-0.15, -0.1) is 0 Å². The quantitative estimate of drug-likeness (QED) is 0.205. The van der Waals surface area contributed by atoms with E-state index in [2.05, 4.69) is 37.8 Å². The van der Waals surface area contributed by atoms with E-state index in [1.54, 1.807) is 0 Å². The van der Waals surface area contributed by atoms with Gasteiger partial charge in [0.15, 0.2) is 5.78 Å². The molecular formula is C33H35NO3. The lowest BCUT2D eigenvalue weighted by atomic mass is 10.0. The Morgan fingerprint density at radius 3 is 1.51 bits per heavy atom. The summed E-state index contributed by atoms with van der Waals surface area (Å²) in [4.78, 5) is 15.8. The summed E-state index contributed by atoms with van der Waals surface area (Å²) in [7, 11) is 0. The van der Waals surface area contributed by atoms with E-state index in [4.69, 9.17) is 9.47 Å². The van der Waals surface area contributed by atoms with Crippen LogP contribution in [0.4, 0.5) is 0 Å². The van der Waals surface area contributed by atoms with Crippen molar-refractivity contribution in [2.75, 3.05) is 6.54 Å². The summed E-state index contributed by atoms with van der Waals surface area (Å²) in [6.07, 6.45) is 0. The first-order valence-corrected chi connectivity index (χ1v) is 12.7. The van der Waals surface area contributed by atoms with Gasteiger partial charge in [-0.3, -0.25) is 9.69 Å². The van der Waals surface area contributed by atoms with Crippen LogP contribution in [0.3, 0.4) is 0 Å². The van der Waals surface area contributed by atoms with Gasteiger partial charge in [0.2, 0.25) is 0 Å². The van der Waals surface area contributed by atoms with Crippen molar-refractivity contribution in [2.45, 2.75) is 46.1 Å². The maximum Gasteiger partial charge on any atom is 0.177 e. The zero-order valence-electron chi connectivity index (χ0n) is 21.9. The van der Waals surface area contributed by atoms with Gasteiger partial charge in [-0.2, -0.15) is 0 Å². The van der Waals surface area contributed by atoms with Gasteiger partial charge in [-0.05, 0) is 49.6 Å². The highest BCUT2D eigenvalue weighted by atomic mass is 16.5. The number of rotatable bonds is 11. The number of hydrogen-bond donors (Lipinski definition) is 0. The van der Waals surface area contributed by atoms with Gasteiger partial charge in [-0.25, -0.2) is 0 Å². The monoisotopic (exact) mass is 493 g/mol. The third-order valence-corrected chi connectivity index (χ3v) is 6.20. The zero-order valence-corrected chi connectivity index (χ0v) is 21.9. The lowest BCUT2D eigenvalue weighted by Gasteiger charge is -2.35. The summed E-state index contributed by atoms with van der Waals surface area (Å²) in [5.41, 5.74) is 3.70. The average molecular weight is 494 g/mol. The normalized spacial score (nSPS) is 11.4. The Kier molecular flexibility index (Phi) is 8.76. The molecule has 0 atom stereocenters. The van der Waals surface area contributed by atoms with Crippen LogP contribution in [0.15, 0.2) is 109 Å². The van der Waals surface area contributed by atoms with Crippen LogP contribution in [0.2, 0.25) is 0 Å². The zero-order chi connectivity index (χ0) is 26.1. The molecule has 0 fully saturated rings. The Hall–Kier alpha value is -3.89. The molecule has 37 heavy (non-hydrogen) atoms. The summed E-state index contributed by atoms with van der Waals surface area (Å²) in [6, 6.07) is 35.7. The number of Topliss-reactive ketones (excluding diaryl/α,β-unsaturated/α-hetero) is 1. The summed E-state index contributed by atoms with van der Waals surface area (Å²) < 4.78 is 12.2. The molecule has 4 aromatic carbocycles. The van der Waals surface area contributed by atoms with Gasteiger partial charge in [0, 0.05) is 23.7 Å². The van der Waals surface area contributed by atoms with Crippen molar-refractivity contribution in [3.8, 4) is 11.5 Å². The molecule has 0 saturated carbocycles. The van der Waals surface area contributed by atoms with E-state index in [1.165, 1.54) is 5.56 Å². The van der Waals surface area contributed by atoms with E-state index in [0.717, 1.165) is 11.1 Å². The van der Waals surface area contributed by atoms with Crippen LogP contribution >= 0.6 is 0 Å². The van der Waals surface area contributed by atoms with Crippen molar-refractivity contribution in [2.24, 2.45) is 0 Å². The molecule has 0 radical (unpaired) electrons.